The van der Waals surface area contributed by atoms with Crippen molar-refractivity contribution in [1.82, 2.24) is 10.2 Å². The fraction of sp³-hybridized carbons (Fsp3) is 0.889. The van der Waals surface area contributed by atoms with Crippen LogP contribution in [0.3, 0.4) is 0 Å². The van der Waals surface area contributed by atoms with E-state index in [9.17, 15) is 4.79 Å². The summed E-state index contributed by atoms with van der Waals surface area (Å²) in [7, 11) is 2.08. The van der Waals surface area contributed by atoms with Crippen molar-refractivity contribution in [2.24, 2.45) is 5.92 Å². The molecular formula is C9H18N2O2. The second-order valence-corrected chi connectivity index (χ2v) is 3.84. The number of hydrogen-bond donors (Lipinski definition) is 2. The van der Waals surface area contributed by atoms with Crippen LogP contribution in [0.25, 0.3) is 0 Å². The van der Waals surface area contributed by atoms with E-state index in [2.05, 4.69) is 17.3 Å². The Hall–Kier alpha value is -0.610. The van der Waals surface area contributed by atoms with Crippen LogP contribution in [0.4, 0.5) is 0 Å². The summed E-state index contributed by atoms with van der Waals surface area (Å²) in [5, 5.41) is 11.7. The lowest BCUT2D eigenvalue weighted by Gasteiger charge is -2.12. The molecule has 1 amide bonds. The maximum Gasteiger partial charge on any atom is 0.248 e. The Balaban J connectivity index is 2.16. The van der Waals surface area contributed by atoms with Gasteiger partial charge < -0.3 is 15.3 Å². The predicted molar refractivity (Wildman–Crippen MR) is 50.3 cm³/mol. The van der Waals surface area contributed by atoms with Gasteiger partial charge in [-0.15, -0.1) is 0 Å². The SMILES string of the molecule is CC(O)C(=O)NCC1CCN(C)C1. The van der Waals surface area contributed by atoms with Crippen LogP contribution in [0.15, 0.2) is 0 Å². The van der Waals surface area contributed by atoms with Crippen molar-refractivity contribution in [3.8, 4) is 0 Å². The smallest absolute Gasteiger partial charge is 0.248 e. The molecule has 1 fully saturated rings. The molecule has 0 aliphatic carbocycles. The molecule has 0 aromatic rings. The van der Waals surface area contributed by atoms with Crippen molar-refractivity contribution in [3.05, 3.63) is 0 Å². The summed E-state index contributed by atoms with van der Waals surface area (Å²) in [6.45, 7) is 4.32. The Morgan fingerprint density at radius 2 is 2.46 bits per heavy atom. The minimum Gasteiger partial charge on any atom is -0.384 e. The molecule has 0 aromatic heterocycles. The summed E-state index contributed by atoms with van der Waals surface area (Å²) in [5.74, 6) is 0.280. The van der Waals surface area contributed by atoms with E-state index in [0.29, 0.717) is 12.5 Å². The highest BCUT2D eigenvalue weighted by molar-refractivity contribution is 5.79. The number of amides is 1. The molecular weight excluding hydrogens is 168 g/mol. The van der Waals surface area contributed by atoms with Crippen molar-refractivity contribution in [3.63, 3.8) is 0 Å². The maximum absolute atomic E-state index is 11.0. The molecule has 13 heavy (non-hydrogen) atoms. The minimum atomic E-state index is -0.890. The van der Waals surface area contributed by atoms with E-state index >= 15 is 0 Å². The molecule has 1 rings (SSSR count). The minimum absolute atomic E-state index is 0.269. The quantitative estimate of drug-likeness (QED) is 0.621. The zero-order chi connectivity index (χ0) is 9.84. The van der Waals surface area contributed by atoms with Crippen LogP contribution in [0, 0.1) is 5.92 Å². The summed E-state index contributed by atoms with van der Waals surface area (Å²) in [5.41, 5.74) is 0. The third-order valence-corrected chi connectivity index (χ3v) is 2.43. The van der Waals surface area contributed by atoms with Crippen molar-refractivity contribution in [2.45, 2.75) is 19.4 Å². The highest BCUT2D eigenvalue weighted by Crippen LogP contribution is 2.12. The van der Waals surface area contributed by atoms with Gasteiger partial charge in [-0.05, 0) is 32.9 Å². The lowest BCUT2D eigenvalue weighted by molar-refractivity contribution is -0.128. The van der Waals surface area contributed by atoms with Crippen LogP contribution in [0.2, 0.25) is 0 Å². The molecule has 0 spiro atoms. The molecule has 2 atom stereocenters. The van der Waals surface area contributed by atoms with E-state index in [1.54, 1.807) is 0 Å². The average molecular weight is 186 g/mol. The van der Waals surface area contributed by atoms with Gasteiger partial charge in [0, 0.05) is 13.1 Å². The number of nitrogens with zero attached hydrogens (tertiary/aromatic N) is 1. The molecule has 0 bridgehead atoms. The Bertz CT molecular complexity index is 182. The van der Waals surface area contributed by atoms with Gasteiger partial charge in [0.15, 0.2) is 0 Å². The Morgan fingerprint density at radius 1 is 1.77 bits per heavy atom. The molecule has 1 aliphatic rings. The van der Waals surface area contributed by atoms with E-state index in [0.717, 1.165) is 19.5 Å². The third-order valence-electron chi connectivity index (χ3n) is 2.43. The van der Waals surface area contributed by atoms with E-state index in [4.69, 9.17) is 5.11 Å². The lowest BCUT2D eigenvalue weighted by Crippen LogP contribution is -2.36. The molecule has 4 heteroatoms. The highest BCUT2D eigenvalue weighted by atomic mass is 16.3. The van der Waals surface area contributed by atoms with Gasteiger partial charge >= 0.3 is 0 Å². The first-order chi connectivity index (χ1) is 6.09. The normalized spacial score (nSPS) is 25.9. The fourth-order valence-electron chi connectivity index (χ4n) is 1.59. The zero-order valence-corrected chi connectivity index (χ0v) is 8.29. The van der Waals surface area contributed by atoms with E-state index in [1.165, 1.54) is 6.92 Å². The number of aliphatic hydroxyl groups excluding tert-OH is 1. The number of aliphatic hydroxyl groups is 1. The number of hydrogen-bond acceptors (Lipinski definition) is 3. The molecule has 76 valence electrons. The second-order valence-electron chi connectivity index (χ2n) is 3.84. The summed E-state index contributed by atoms with van der Waals surface area (Å²) < 4.78 is 0. The first-order valence-electron chi connectivity index (χ1n) is 4.74. The average Bonchev–Trinajstić information content (AvgIpc) is 2.47. The van der Waals surface area contributed by atoms with Crippen LogP contribution in [-0.4, -0.2) is 48.7 Å². The maximum atomic E-state index is 11.0. The first kappa shape index (κ1) is 10.5. The number of carbonyl (C=O) groups excluding carboxylic acids is 1. The van der Waals surface area contributed by atoms with Crippen LogP contribution in [-0.2, 0) is 4.79 Å². The molecule has 1 aliphatic heterocycles. The number of likely N-dealkylation sites (tertiary alicyclic amines) is 1. The summed E-state index contributed by atoms with van der Waals surface area (Å²) in [6.07, 6.45) is 0.246. The van der Waals surface area contributed by atoms with Crippen LogP contribution in [0.1, 0.15) is 13.3 Å². The Labute approximate surface area is 78.9 Å². The highest BCUT2D eigenvalue weighted by Gasteiger charge is 2.20. The van der Waals surface area contributed by atoms with Crippen molar-refractivity contribution in [2.75, 3.05) is 26.7 Å². The number of carbonyl (C=O) groups is 1. The van der Waals surface area contributed by atoms with Crippen LogP contribution < -0.4 is 5.32 Å². The van der Waals surface area contributed by atoms with Gasteiger partial charge in [0.1, 0.15) is 6.10 Å². The van der Waals surface area contributed by atoms with Gasteiger partial charge in [0.2, 0.25) is 5.91 Å². The second kappa shape index (κ2) is 4.58. The first-order valence-corrected chi connectivity index (χ1v) is 4.74. The lowest BCUT2D eigenvalue weighted by atomic mass is 10.1. The summed E-state index contributed by atoms with van der Waals surface area (Å²) in [6, 6.07) is 0. The topological polar surface area (TPSA) is 52.6 Å². The van der Waals surface area contributed by atoms with Crippen molar-refractivity contribution >= 4 is 5.91 Å². The number of nitrogens with one attached hydrogen (secondary N) is 1. The van der Waals surface area contributed by atoms with Gasteiger partial charge in [-0.1, -0.05) is 0 Å². The number of rotatable bonds is 3. The Kier molecular flexibility index (Phi) is 3.69. The van der Waals surface area contributed by atoms with Gasteiger partial charge in [0.05, 0.1) is 0 Å². The summed E-state index contributed by atoms with van der Waals surface area (Å²) >= 11 is 0. The van der Waals surface area contributed by atoms with Crippen LogP contribution >= 0.6 is 0 Å². The van der Waals surface area contributed by atoms with Crippen molar-refractivity contribution in [1.29, 1.82) is 0 Å². The van der Waals surface area contributed by atoms with Gasteiger partial charge in [-0.2, -0.15) is 0 Å². The van der Waals surface area contributed by atoms with E-state index < -0.39 is 6.10 Å². The summed E-state index contributed by atoms with van der Waals surface area (Å²) in [4.78, 5) is 13.3. The van der Waals surface area contributed by atoms with E-state index in [-0.39, 0.29) is 5.91 Å². The molecule has 2 N–H and O–H groups in total. The zero-order valence-electron chi connectivity index (χ0n) is 8.29. The largest absolute Gasteiger partial charge is 0.384 e. The molecule has 2 unspecified atom stereocenters. The standard InChI is InChI=1S/C9H18N2O2/c1-7(12)9(13)10-5-8-3-4-11(2)6-8/h7-8,12H,3-6H2,1-2H3,(H,10,13). The van der Waals surface area contributed by atoms with Crippen molar-refractivity contribution < 1.29 is 9.90 Å². The fourth-order valence-corrected chi connectivity index (χ4v) is 1.59. The van der Waals surface area contributed by atoms with Gasteiger partial charge in [-0.25, -0.2) is 0 Å². The molecule has 1 heterocycles. The molecule has 0 aromatic carbocycles. The van der Waals surface area contributed by atoms with Crippen LogP contribution in [0.5, 0.6) is 0 Å². The van der Waals surface area contributed by atoms with Gasteiger partial charge in [0.25, 0.3) is 0 Å². The predicted octanol–water partition coefficient (Wildman–Crippen LogP) is -0.565. The molecule has 1 saturated heterocycles. The molecule has 0 saturated carbocycles. The van der Waals surface area contributed by atoms with E-state index in [1.807, 2.05) is 0 Å². The van der Waals surface area contributed by atoms with Gasteiger partial charge in [-0.3, -0.25) is 4.79 Å². The third kappa shape index (κ3) is 3.32. The molecule has 4 nitrogen and oxygen atoms in total. The molecule has 0 radical (unpaired) electrons. The Morgan fingerprint density at radius 3 is 2.92 bits per heavy atom. The monoisotopic (exact) mass is 186 g/mol.